The molecule has 1 aromatic carbocycles. The summed E-state index contributed by atoms with van der Waals surface area (Å²) in [4.78, 5) is 2.59. The maximum Gasteiger partial charge on any atom is 0.0388 e. The average molecular weight is 218 g/mol. The fourth-order valence-corrected chi connectivity index (χ4v) is 2.89. The quantitative estimate of drug-likeness (QED) is 0.834. The third kappa shape index (κ3) is 2.28. The lowest BCUT2D eigenvalue weighted by atomic mass is 9.93. The zero-order valence-electron chi connectivity index (χ0n) is 10.3. The van der Waals surface area contributed by atoms with Crippen molar-refractivity contribution < 1.29 is 0 Å². The zero-order chi connectivity index (χ0) is 11.4. The summed E-state index contributed by atoms with van der Waals surface area (Å²) in [5.74, 6) is 0.757. The van der Waals surface area contributed by atoms with Crippen molar-refractivity contribution in [2.24, 2.45) is 5.92 Å². The summed E-state index contributed by atoms with van der Waals surface area (Å²) in [5.41, 5.74) is 1.47. The molecule has 1 fully saturated rings. The Kier molecular flexibility index (Phi) is 3.97. The highest BCUT2D eigenvalue weighted by Gasteiger charge is 2.33. The summed E-state index contributed by atoms with van der Waals surface area (Å²) in [6, 6.07) is 11.5. The molecule has 1 N–H and O–H groups in total. The Labute approximate surface area is 98.7 Å². The molecule has 2 heteroatoms. The lowest BCUT2D eigenvalue weighted by Gasteiger charge is -2.27. The maximum atomic E-state index is 3.33. The van der Waals surface area contributed by atoms with Gasteiger partial charge in [-0.15, -0.1) is 0 Å². The zero-order valence-corrected chi connectivity index (χ0v) is 10.3. The monoisotopic (exact) mass is 218 g/mol. The molecule has 2 rings (SSSR count). The predicted molar refractivity (Wildman–Crippen MR) is 68.5 cm³/mol. The Morgan fingerprint density at radius 3 is 2.69 bits per heavy atom. The summed E-state index contributed by atoms with van der Waals surface area (Å²) >= 11 is 0. The van der Waals surface area contributed by atoms with E-state index in [9.17, 15) is 0 Å². The van der Waals surface area contributed by atoms with Gasteiger partial charge < -0.3 is 5.32 Å². The third-order valence-corrected chi connectivity index (χ3v) is 3.64. The van der Waals surface area contributed by atoms with Gasteiger partial charge in [0.2, 0.25) is 0 Å². The lowest BCUT2D eigenvalue weighted by molar-refractivity contribution is 0.238. The molecule has 2 nitrogen and oxygen atoms in total. The smallest absolute Gasteiger partial charge is 0.0388 e. The van der Waals surface area contributed by atoms with Crippen molar-refractivity contribution in [1.29, 1.82) is 0 Å². The first-order chi connectivity index (χ1) is 7.86. The molecule has 88 valence electrons. The highest BCUT2D eigenvalue weighted by molar-refractivity contribution is 5.21. The maximum absolute atomic E-state index is 3.33. The van der Waals surface area contributed by atoms with Crippen LogP contribution in [0.2, 0.25) is 0 Å². The minimum absolute atomic E-state index is 0.610. The van der Waals surface area contributed by atoms with Gasteiger partial charge in [0.25, 0.3) is 0 Å². The topological polar surface area (TPSA) is 15.3 Å². The second-order valence-corrected chi connectivity index (χ2v) is 4.59. The van der Waals surface area contributed by atoms with Crippen molar-refractivity contribution in [3.8, 4) is 0 Å². The Hall–Kier alpha value is -0.860. The van der Waals surface area contributed by atoms with Crippen LogP contribution >= 0.6 is 0 Å². The molecule has 1 aromatic rings. The van der Waals surface area contributed by atoms with Gasteiger partial charge in [-0.2, -0.15) is 0 Å². The molecule has 0 bridgehead atoms. The van der Waals surface area contributed by atoms with Gasteiger partial charge in [0.1, 0.15) is 0 Å². The van der Waals surface area contributed by atoms with Crippen LogP contribution in [-0.4, -0.2) is 31.6 Å². The van der Waals surface area contributed by atoms with E-state index in [4.69, 9.17) is 0 Å². The minimum atomic E-state index is 0.610. The first-order valence-electron chi connectivity index (χ1n) is 6.30. The predicted octanol–water partition coefficient (Wildman–Crippen LogP) is 2.29. The van der Waals surface area contributed by atoms with Crippen LogP contribution in [0.15, 0.2) is 30.3 Å². The number of likely N-dealkylation sites (tertiary alicyclic amines) is 1. The molecule has 1 aliphatic heterocycles. The molecular weight excluding hydrogens is 196 g/mol. The largest absolute Gasteiger partial charge is 0.319 e. The van der Waals surface area contributed by atoms with Crippen molar-refractivity contribution >= 4 is 0 Å². The van der Waals surface area contributed by atoms with E-state index in [2.05, 4.69) is 54.5 Å². The molecule has 1 aliphatic rings. The van der Waals surface area contributed by atoms with E-state index >= 15 is 0 Å². The van der Waals surface area contributed by atoms with E-state index < -0.39 is 0 Å². The second kappa shape index (κ2) is 5.46. The van der Waals surface area contributed by atoms with Crippen LogP contribution in [0, 0.1) is 5.92 Å². The Morgan fingerprint density at radius 2 is 2.06 bits per heavy atom. The Bertz CT molecular complexity index is 310. The minimum Gasteiger partial charge on any atom is -0.319 e. The first kappa shape index (κ1) is 11.6. The number of benzene rings is 1. The summed E-state index contributed by atoms with van der Waals surface area (Å²) in [6.45, 7) is 5.77. The number of rotatable bonds is 4. The van der Waals surface area contributed by atoms with Crippen LogP contribution in [0.4, 0.5) is 0 Å². The molecule has 1 heterocycles. The van der Waals surface area contributed by atoms with Gasteiger partial charge in [-0.1, -0.05) is 37.3 Å². The van der Waals surface area contributed by atoms with Crippen LogP contribution in [0.3, 0.4) is 0 Å². The summed E-state index contributed by atoms with van der Waals surface area (Å²) in [6.07, 6.45) is 1.31. The number of hydrogen-bond donors (Lipinski definition) is 1. The van der Waals surface area contributed by atoms with Gasteiger partial charge in [0.15, 0.2) is 0 Å². The van der Waals surface area contributed by atoms with Crippen LogP contribution in [0.1, 0.15) is 24.9 Å². The fourth-order valence-electron chi connectivity index (χ4n) is 2.89. The standard InChI is InChI=1S/C14H22N2/c1-3-16-10-9-13(11-15-2)14(16)12-7-5-4-6-8-12/h4-8,13-15H,3,9-11H2,1-2H3. The van der Waals surface area contributed by atoms with E-state index in [0.717, 1.165) is 19.0 Å². The summed E-state index contributed by atoms with van der Waals surface area (Å²) < 4.78 is 0. The van der Waals surface area contributed by atoms with Gasteiger partial charge in [-0.05, 0) is 44.6 Å². The average Bonchev–Trinajstić information content (AvgIpc) is 2.74. The van der Waals surface area contributed by atoms with E-state index in [0.29, 0.717) is 6.04 Å². The van der Waals surface area contributed by atoms with Gasteiger partial charge in [0.05, 0.1) is 0 Å². The molecule has 2 atom stereocenters. The molecule has 2 unspecified atom stereocenters. The molecule has 0 aliphatic carbocycles. The highest BCUT2D eigenvalue weighted by Crippen LogP contribution is 2.36. The van der Waals surface area contributed by atoms with Crippen molar-refractivity contribution in [3.63, 3.8) is 0 Å². The van der Waals surface area contributed by atoms with E-state index in [1.54, 1.807) is 0 Å². The lowest BCUT2D eigenvalue weighted by Crippen LogP contribution is -2.29. The van der Waals surface area contributed by atoms with E-state index in [-0.39, 0.29) is 0 Å². The second-order valence-electron chi connectivity index (χ2n) is 4.59. The van der Waals surface area contributed by atoms with Crippen LogP contribution < -0.4 is 5.32 Å². The third-order valence-electron chi connectivity index (χ3n) is 3.64. The molecule has 0 amide bonds. The van der Waals surface area contributed by atoms with Crippen LogP contribution in [-0.2, 0) is 0 Å². The summed E-state index contributed by atoms with van der Waals surface area (Å²) in [7, 11) is 2.05. The first-order valence-corrected chi connectivity index (χ1v) is 6.30. The van der Waals surface area contributed by atoms with E-state index in [1.165, 1.54) is 18.5 Å². The van der Waals surface area contributed by atoms with Gasteiger partial charge >= 0.3 is 0 Å². The molecule has 0 radical (unpaired) electrons. The molecule has 0 spiro atoms. The van der Waals surface area contributed by atoms with Gasteiger partial charge in [-0.3, -0.25) is 4.90 Å². The molecule has 0 saturated carbocycles. The van der Waals surface area contributed by atoms with Gasteiger partial charge in [0, 0.05) is 6.04 Å². The Balaban J connectivity index is 2.19. The molecular formula is C14H22N2. The highest BCUT2D eigenvalue weighted by atomic mass is 15.2. The number of nitrogens with one attached hydrogen (secondary N) is 1. The summed E-state index contributed by atoms with van der Waals surface area (Å²) in [5, 5.41) is 3.33. The normalized spacial score (nSPS) is 26.1. The molecule has 0 aromatic heterocycles. The Morgan fingerprint density at radius 1 is 1.31 bits per heavy atom. The number of hydrogen-bond acceptors (Lipinski definition) is 2. The van der Waals surface area contributed by atoms with Crippen molar-refractivity contribution in [2.75, 3.05) is 26.7 Å². The number of nitrogens with zero attached hydrogens (tertiary/aromatic N) is 1. The van der Waals surface area contributed by atoms with E-state index in [1.807, 2.05) is 0 Å². The fraction of sp³-hybridized carbons (Fsp3) is 0.571. The molecule has 1 saturated heterocycles. The SMILES string of the molecule is CCN1CCC(CNC)C1c1ccccc1. The van der Waals surface area contributed by atoms with Crippen molar-refractivity contribution in [1.82, 2.24) is 10.2 Å². The van der Waals surface area contributed by atoms with Crippen LogP contribution in [0.25, 0.3) is 0 Å². The van der Waals surface area contributed by atoms with Crippen molar-refractivity contribution in [2.45, 2.75) is 19.4 Å². The van der Waals surface area contributed by atoms with Crippen molar-refractivity contribution in [3.05, 3.63) is 35.9 Å². The van der Waals surface area contributed by atoms with Crippen LogP contribution in [0.5, 0.6) is 0 Å². The van der Waals surface area contributed by atoms with Gasteiger partial charge in [-0.25, -0.2) is 0 Å². The molecule has 16 heavy (non-hydrogen) atoms.